The molecule has 29 heavy (non-hydrogen) atoms. The van der Waals surface area contributed by atoms with E-state index in [1.54, 1.807) is 30.3 Å². The van der Waals surface area contributed by atoms with Gasteiger partial charge in [-0.2, -0.15) is 0 Å². The van der Waals surface area contributed by atoms with Gasteiger partial charge >= 0.3 is 5.97 Å². The minimum absolute atomic E-state index is 0.0912. The number of hydrogen-bond acceptors (Lipinski definition) is 4. The van der Waals surface area contributed by atoms with Crippen LogP contribution in [0.25, 0.3) is 0 Å². The summed E-state index contributed by atoms with van der Waals surface area (Å²) < 4.78 is 5.11. The van der Waals surface area contributed by atoms with Gasteiger partial charge in [0.15, 0.2) is 6.61 Å². The second-order valence-corrected chi connectivity index (χ2v) is 6.48. The third-order valence-electron chi connectivity index (χ3n) is 4.43. The largest absolute Gasteiger partial charge is 0.456 e. The lowest BCUT2D eigenvalue weighted by molar-refractivity contribution is -0.148. The van der Waals surface area contributed by atoms with Gasteiger partial charge in [0.1, 0.15) is 0 Å². The summed E-state index contributed by atoms with van der Waals surface area (Å²) in [4.78, 5) is 36.3. The first kappa shape index (κ1) is 20.0. The average molecular weight is 387 g/mol. The number of imide groups is 1. The van der Waals surface area contributed by atoms with E-state index in [2.05, 4.69) is 5.32 Å². The number of hydrogen-bond donors (Lipinski definition) is 1. The van der Waals surface area contributed by atoms with Crippen molar-refractivity contribution in [3.8, 4) is 0 Å². The number of rotatable bonds is 7. The maximum absolute atomic E-state index is 12.4. The van der Waals surface area contributed by atoms with Crippen molar-refractivity contribution in [2.24, 2.45) is 0 Å². The van der Waals surface area contributed by atoms with Crippen LogP contribution < -0.4 is 5.32 Å². The Morgan fingerprint density at radius 2 is 1.21 bits per heavy atom. The molecule has 5 heteroatoms. The number of carbonyl (C=O) groups excluding carboxylic acids is 3. The Morgan fingerprint density at radius 1 is 0.724 bits per heavy atom. The highest BCUT2D eigenvalue weighted by Gasteiger charge is 2.20. The number of ether oxygens (including phenoxy) is 1. The lowest BCUT2D eigenvalue weighted by Crippen LogP contribution is -2.34. The van der Waals surface area contributed by atoms with Gasteiger partial charge in [0, 0.05) is 11.5 Å². The molecule has 2 amide bonds. The first-order chi connectivity index (χ1) is 14.1. The van der Waals surface area contributed by atoms with Crippen LogP contribution in [0.1, 0.15) is 33.8 Å². The minimum atomic E-state index is -0.664. The van der Waals surface area contributed by atoms with Crippen molar-refractivity contribution in [1.29, 1.82) is 0 Å². The Bertz CT molecular complexity index is 916. The lowest BCUT2D eigenvalue weighted by atomic mass is 9.89. The van der Waals surface area contributed by atoms with E-state index in [1.807, 2.05) is 60.7 Å². The van der Waals surface area contributed by atoms with Crippen LogP contribution in [0.2, 0.25) is 0 Å². The third-order valence-corrected chi connectivity index (χ3v) is 4.43. The highest BCUT2D eigenvalue weighted by atomic mass is 16.5. The van der Waals surface area contributed by atoms with Crippen molar-refractivity contribution in [2.75, 3.05) is 6.61 Å². The Hall–Kier alpha value is -3.73. The average Bonchev–Trinajstić information content (AvgIpc) is 2.78. The van der Waals surface area contributed by atoms with Gasteiger partial charge in [-0.25, -0.2) is 0 Å². The van der Waals surface area contributed by atoms with Crippen LogP contribution in [-0.4, -0.2) is 24.4 Å². The highest BCUT2D eigenvalue weighted by molar-refractivity contribution is 6.05. The van der Waals surface area contributed by atoms with Crippen LogP contribution in [-0.2, 0) is 14.3 Å². The Morgan fingerprint density at radius 3 is 1.72 bits per heavy atom. The lowest BCUT2D eigenvalue weighted by Gasteiger charge is -2.17. The summed E-state index contributed by atoms with van der Waals surface area (Å²) in [5.74, 6) is -1.88. The first-order valence-corrected chi connectivity index (χ1v) is 9.28. The summed E-state index contributed by atoms with van der Waals surface area (Å²) in [7, 11) is 0. The smallest absolute Gasteiger partial charge is 0.307 e. The standard InChI is InChI=1S/C24H21NO4/c26-22(25-24(28)20-14-8-3-9-15-20)17-29-23(27)16-21(18-10-4-1-5-11-18)19-12-6-2-7-13-19/h1-15,21H,16-17H2,(H,25,26,28). The molecular formula is C24H21NO4. The van der Waals surface area contributed by atoms with E-state index in [1.165, 1.54) is 0 Å². The molecule has 3 aromatic rings. The van der Waals surface area contributed by atoms with E-state index in [9.17, 15) is 14.4 Å². The Balaban J connectivity index is 1.58. The zero-order valence-electron chi connectivity index (χ0n) is 15.8. The number of benzene rings is 3. The molecule has 3 rings (SSSR count). The molecule has 0 heterocycles. The molecule has 0 unspecified atom stereocenters. The molecule has 0 radical (unpaired) electrons. The van der Waals surface area contributed by atoms with E-state index >= 15 is 0 Å². The van der Waals surface area contributed by atoms with Crippen LogP contribution in [0.15, 0.2) is 91.0 Å². The van der Waals surface area contributed by atoms with Gasteiger partial charge in [0.2, 0.25) is 0 Å². The molecule has 0 atom stereocenters. The molecular weight excluding hydrogens is 366 g/mol. The molecule has 0 aliphatic heterocycles. The summed E-state index contributed by atoms with van der Waals surface area (Å²) >= 11 is 0. The summed E-state index contributed by atoms with van der Waals surface area (Å²) in [5, 5.41) is 2.21. The summed E-state index contributed by atoms with van der Waals surface area (Å²) in [6.45, 7) is -0.506. The molecule has 0 aromatic heterocycles. The molecule has 5 nitrogen and oxygen atoms in total. The number of nitrogens with one attached hydrogen (secondary N) is 1. The van der Waals surface area contributed by atoms with Gasteiger partial charge in [0.25, 0.3) is 11.8 Å². The second kappa shape index (κ2) is 9.99. The SMILES string of the molecule is O=C(COC(=O)CC(c1ccccc1)c1ccccc1)NC(=O)c1ccccc1. The monoisotopic (exact) mass is 387 g/mol. The zero-order valence-corrected chi connectivity index (χ0v) is 15.8. The van der Waals surface area contributed by atoms with Crippen LogP contribution in [0.3, 0.4) is 0 Å². The van der Waals surface area contributed by atoms with Crippen LogP contribution in [0, 0.1) is 0 Å². The summed E-state index contributed by atoms with van der Waals surface area (Å²) in [6.07, 6.45) is 0.0912. The van der Waals surface area contributed by atoms with Crippen molar-refractivity contribution in [2.45, 2.75) is 12.3 Å². The maximum atomic E-state index is 12.4. The van der Waals surface area contributed by atoms with Crippen LogP contribution >= 0.6 is 0 Å². The maximum Gasteiger partial charge on any atom is 0.307 e. The molecule has 3 aromatic carbocycles. The molecule has 0 saturated carbocycles. The molecule has 0 bridgehead atoms. The van der Waals surface area contributed by atoms with Gasteiger partial charge in [-0.3, -0.25) is 19.7 Å². The zero-order chi connectivity index (χ0) is 20.5. The van der Waals surface area contributed by atoms with Crippen LogP contribution in [0.4, 0.5) is 0 Å². The molecule has 0 aliphatic rings. The normalized spacial score (nSPS) is 10.4. The first-order valence-electron chi connectivity index (χ1n) is 9.28. The van der Waals surface area contributed by atoms with E-state index in [0.717, 1.165) is 11.1 Å². The molecule has 146 valence electrons. The number of esters is 1. The fraction of sp³-hybridized carbons (Fsp3) is 0.125. The topological polar surface area (TPSA) is 72.5 Å². The molecule has 0 fully saturated rings. The van der Waals surface area contributed by atoms with Gasteiger partial charge < -0.3 is 4.74 Å². The molecule has 0 aliphatic carbocycles. The van der Waals surface area contributed by atoms with Crippen molar-refractivity contribution in [1.82, 2.24) is 5.32 Å². The quantitative estimate of drug-likeness (QED) is 0.628. The molecule has 0 spiro atoms. The van der Waals surface area contributed by atoms with E-state index in [4.69, 9.17) is 4.74 Å². The highest BCUT2D eigenvalue weighted by Crippen LogP contribution is 2.28. The molecule has 0 saturated heterocycles. The van der Waals surface area contributed by atoms with E-state index in [-0.39, 0.29) is 12.3 Å². The number of carbonyl (C=O) groups is 3. The fourth-order valence-electron chi connectivity index (χ4n) is 2.99. The summed E-state index contributed by atoms with van der Waals surface area (Å²) in [5.41, 5.74) is 2.33. The summed E-state index contributed by atoms with van der Waals surface area (Å²) in [6, 6.07) is 27.7. The van der Waals surface area contributed by atoms with E-state index in [0.29, 0.717) is 5.56 Å². The number of amides is 2. The van der Waals surface area contributed by atoms with Gasteiger partial charge in [-0.1, -0.05) is 78.9 Å². The van der Waals surface area contributed by atoms with Gasteiger partial charge in [-0.05, 0) is 23.3 Å². The minimum Gasteiger partial charge on any atom is -0.456 e. The van der Waals surface area contributed by atoms with Crippen molar-refractivity contribution >= 4 is 17.8 Å². The fourth-order valence-corrected chi connectivity index (χ4v) is 2.99. The van der Waals surface area contributed by atoms with Crippen molar-refractivity contribution in [3.63, 3.8) is 0 Å². The molecule has 1 N–H and O–H groups in total. The Labute approximate surface area is 169 Å². The van der Waals surface area contributed by atoms with Gasteiger partial charge in [-0.15, -0.1) is 0 Å². The van der Waals surface area contributed by atoms with Gasteiger partial charge in [0.05, 0.1) is 6.42 Å². The Kier molecular flexibility index (Phi) is 6.90. The van der Waals surface area contributed by atoms with Crippen LogP contribution in [0.5, 0.6) is 0 Å². The predicted octanol–water partition coefficient (Wildman–Crippen LogP) is 3.71. The third kappa shape index (κ3) is 5.87. The second-order valence-electron chi connectivity index (χ2n) is 6.48. The van der Waals surface area contributed by atoms with E-state index < -0.39 is 24.4 Å². The van der Waals surface area contributed by atoms with Crippen molar-refractivity contribution < 1.29 is 19.1 Å². The van der Waals surface area contributed by atoms with Crippen molar-refractivity contribution in [3.05, 3.63) is 108 Å². The predicted molar refractivity (Wildman–Crippen MR) is 109 cm³/mol.